The highest BCUT2D eigenvalue weighted by Crippen LogP contribution is 1.96. The summed E-state index contributed by atoms with van der Waals surface area (Å²) in [6.07, 6.45) is 0.250. The van der Waals surface area contributed by atoms with E-state index in [1.165, 1.54) is 0 Å². The fourth-order valence-corrected chi connectivity index (χ4v) is 1.11. The van der Waals surface area contributed by atoms with Crippen LogP contribution in [0.25, 0.3) is 0 Å². The van der Waals surface area contributed by atoms with Crippen LogP contribution in [0.3, 0.4) is 0 Å². The first kappa shape index (κ1) is 8.49. The molecule has 1 radical (unpaired) electrons. The number of rotatable bonds is 2. The lowest BCUT2D eigenvalue weighted by Gasteiger charge is -2.26. The third kappa shape index (κ3) is 2.48. The van der Waals surface area contributed by atoms with Crippen LogP contribution in [-0.4, -0.2) is 48.7 Å². The second-order valence-electron chi connectivity index (χ2n) is 2.53. The first-order valence-corrected chi connectivity index (χ1v) is 3.86. The predicted octanol–water partition coefficient (Wildman–Crippen LogP) is -1.18. The van der Waals surface area contributed by atoms with Gasteiger partial charge < -0.3 is 10.0 Å². The van der Waals surface area contributed by atoms with Crippen molar-refractivity contribution in [1.29, 1.82) is 0 Å². The summed E-state index contributed by atoms with van der Waals surface area (Å²) in [5.41, 5.74) is 0. The molecule has 0 aromatic heterocycles. The van der Waals surface area contributed by atoms with Crippen LogP contribution in [0.5, 0.6) is 0 Å². The summed E-state index contributed by atoms with van der Waals surface area (Å²) >= 11 is 0. The molecule has 0 aromatic rings. The third-order valence-corrected chi connectivity index (χ3v) is 1.73. The number of carbonyl (C=O) groups excluding carboxylic acids is 1. The van der Waals surface area contributed by atoms with E-state index in [1.807, 2.05) is 0 Å². The molecule has 1 rings (SSSR count). The van der Waals surface area contributed by atoms with Gasteiger partial charge in [-0.15, -0.1) is 0 Å². The van der Waals surface area contributed by atoms with Crippen LogP contribution in [0.4, 0.5) is 0 Å². The van der Waals surface area contributed by atoms with Crippen molar-refractivity contribution in [3.05, 3.63) is 0 Å². The average molecular weight is 157 g/mol. The van der Waals surface area contributed by atoms with Gasteiger partial charge in [0, 0.05) is 32.6 Å². The smallest absolute Gasteiger partial charge is 0.224 e. The molecule has 1 fully saturated rings. The lowest BCUT2D eigenvalue weighted by atomic mass is 10.3. The van der Waals surface area contributed by atoms with E-state index in [4.69, 9.17) is 5.11 Å². The second kappa shape index (κ2) is 4.31. The normalized spacial score (nSPS) is 18.5. The lowest BCUT2D eigenvalue weighted by Crippen LogP contribution is -2.43. The van der Waals surface area contributed by atoms with Gasteiger partial charge in [-0.1, -0.05) is 0 Å². The van der Waals surface area contributed by atoms with Crippen LogP contribution in [0.15, 0.2) is 0 Å². The van der Waals surface area contributed by atoms with Gasteiger partial charge in [0.2, 0.25) is 5.91 Å². The Balaban J connectivity index is 2.27. The third-order valence-electron chi connectivity index (χ3n) is 1.73. The average Bonchev–Trinajstić information content (AvgIpc) is 2.07. The van der Waals surface area contributed by atoms with Crippen molar-refractivity contribution in [3.8, 4) is 0 Å². The zero-order valence-electron chi connectivity index (χ0n) is 6.49. The zero-order chi connectivity index (χ0) is 8.10. The summed E-state index contributed by atoms with van der Waals surface area (Å²) in [7, 11) is 0. The molecule has 0 atom stereocenters. The molecule has 0 saturated carbocycles. The fourth-order valence-electron chi connectivity index (χ4n) is 1.11. The molecule has 0 unspecified atom stereocenters. The van der Waals surface area contributed by atoms with Gasteiger partial charge in [0.25, 0.3) is 0 Å². The summed E-state index contributed by atoms with van der Waals surface area (Å²) in [6.45, 7) is 2.89. The molecule has 4 heteroatoms. The highest BCUT2D eigenvalue weighted by Gasteiger charge is 2.15. The van der Waals surface area contributed by atoms with Gasteiger partial charge in [-0.25, -0.2) is 5.32 Å². The number of aliphatic hydroxyl groups is 1. The number of piperazine rings is 1. The number of amides is 1. The van der Waals surface area contributed by atoms with E-state index in [-0.39, 0.29) is 18.9 Å². The van der Waals surface area contributed by atoms with Gasteiger partial charge in [0.15, 0.2) is 0 Å². The minimum atomic E-state index is -0.0491. The molecule has 1 aliphatic heterocycles. The molecule has 1 N–H and O–H groups in total. The van der Waals surface area contributed by atoms with E-state index in [2.05, 4.69) is 5.32 Å². The molecule has 0 aromatic carbocycles. The van der Waals surface area contributed by atoms with Crippen LogP contribution in [0, 0.1) is 0 Å². The SMILES string of the molecule is O=C(CCO)N1CC[N]CC1. The molecule has 0 spiro atoms. The number of carbonyl (C=O) groups is 1. The molecule has 1 aliphatic rings. The van der Waals surface area contributed by atoms with Crippen LogP contribution < -0.4 is 5.32 Å². The Morgan fingerprint density at radius 1 is 1.45 bits per heavy atom. The Hall–Kier alpha value is -0.610. The molecular weight excluding hydrogens is 144 g/mol. The largest absolute Gasteiger partial charge is 0.396 e. The molecule has 0 bridgehead atoms. The molecule has 1 saturated heterocycles. The van der Waals surface area contributed by atoms with Gasteiger partial charge in [0.05, 0.1) is 6.61 Å². The first-order chi connectivity index (χ1) is 5.34. The summed E-state index contributed by atoms with van der Waals surface area (Å²) in [5.74, 6) is 0.0439. The van der Waals surface area contributed by atoms with E-state index < -0.39 is 0 Å². The minimum Gasteiger partial charge on any atom is -0.396 e. The highest BCUT2D eigenvalue weighted by atomic mass is 16.3. The predicted molar refractivity (Wildman–Crippen MR) is 40.2 cm³/mol. The van der Waals surface area contributed by atoms with Crippen molar-refractivity contribution in [3.63, 3.8) is 0 Å². The fraction of sp³-hybridized carbons (Fsp3) is 0.857. The van der Waals surface area contributed by atoms with Gasteiger partial charge in [0.1, 0.15) is 0 Å². The highest BCUT2D eigenvalue weighted by molar-refractivity contribution is 5.76. The van der Waals surface area contributed by atoms with Gasteiger partial charge in [-0.3, -0.25) is 4.79 Å². The maximum absolute atomic E-state index is 11.1. The Morgan fingerprint density at radius 2 is 2.09 bits per heavy atom. The Morgan fingerprint density at radius 3 is 2.64 bits per heavy atom. The van der Waals surface area contributed by atoms with E-state index in [9.17, 15) is 4.79 Å². The van der Waals surface area contributed by atoms with Crippen molar-refractivity contribution < 1.29 is 9.90 Å². The van der Waals surface area contributed by atoms with Crippen molar-refractivity contribution in [2.75, 3.05) is 32.8 Å². The maximum atomic E-state index is 11.1. The monoisotopic (exact) mass is 157 g/mol. The topological polar surface area (TPSA) is 54.6 Å². The molecule has 4 nitrogen and oxygen atoms in total. The van der Waals surface area contributed by atoms with Crippen molar-refractivity contribution in [2.24, 2.45) is 0 Å². The van der Waals surface area contributed by atoms with Crippen LogP contribution in [-0.2, 0) is 4.79 Å². The number of hydrogen-bond acceptors (Lipinski definition) is 2. The number of hydrogen-bond donors (Lipinski definition) is 1. The Labute approximate surface area is 66.2 Å². The minimum absolute atomic E-state index is 0.0439. The zero-order valence-corrected chi connectivity index (χ0v) is 6.49. The van der Waals surface area contributed by atoms with Gasteiger partial charge in [-0.2, -0.15) is 0 Å². The van der Waals surface area contributed by atoms with Gasteiger partial charge >= 0.3 is 0 Å². The second-order valence-corrected chi connectivity index (χ2v) is 2.53. The molecule has 0 aliphatic carbocycles. The maximum Gasteiger partial charge on any atom is 0.224 e. The number of nitrogens with zero attached hydrogens (tertiary/aromatic N) is 2. The molecular formula is C7H13N2O2. The Kier molecular flexibility index (Phi) is 3.32. The molecule has 1 amide bonds. The summed E-state index contributed by atoms with van der Waals surface area (Å²) in [4.78, 5) is 12.9. The molecule has 63 valence electrons. The van der Waals surface area contributed by atoms with E-state index >= 15 is 0 Å². The van der Waals surface area contributed by atoms with Gasteiger partial charge in [-0.05, 0) is 0 Å². The van der Waals surface area contributed by atoms with Crippen LogP contribution in [0.2, 0.25) is 0 Å². The molecule has 1 heterocycles. The Bertz CT molecular complexity index is 132. The number of aliphatic hydroxyl groups excluding tert-OH is 1. The first-order valence-electron chi connectivity index (χ1n) is 3.86. The van der Waals surface area contributed by atoms with E-state index in [0.29, 0.717) is 0 Å². The standard InChI is InChI=1S/C7H13N2O2/c10-6-1-7(11)9-4-2-8-3-5-9/h10H,1-6H2. The van der Waals surface area contributed by atoms with Crippen LogP contribution >= 0.6 is 0 Å². The van der Waals surface area contributed by atoms with Crippen LogP contribution in [0.1, 0.15) is 6.42 Å². The van der Waals surface area contributed by atoms with Crippen molar-refractivity contribution in [2.45, 2.75) is 6.42 Å². The quantitative estimate of drug-likeness (QED) is 0.548. The summed E-state index contributed by atoms with van der Waals surface area (Å²) in [5, 5.41) is 12.6. The van der Waals surface area contributed by atoms with Crippen molar-refractivity contribution >= 4 is 5.91 Å². The van der Waals surface area contributed by atoms with Crippen molar-refractivity contribution in [1.82, 2.24) is 10.2 Å². The lowest BCUT2D eigenvalue weighted by molar-refractivity contribution is -0.132. The summed E-state index contributed by atoms with van der Waals surface area (Å²) < 4.78 is 0. The van der Waals surface area contributed by atoms with E-state index in [0.717, 1.165) is 26.2 Å². The van der Waals surface area contributed by atoms with E-state index in [1.54, 1.807) is 4.90 Å². The summed E-state index contributed by atoms with van der Waals surface area (Å²) in [6, 6.07) is 0. The molecule has 11 heavy (non-hydrogen) atoms.